The predicted octanol–water partition coefficient (Wildman–Crippen LogP) is 6.09. The molecule has 2 N–H and O–H groups in total. The monoisotopic (exact) mass is 578 g/mol. The quantitative estimate of drug-likeness (QED) is 0.0873. The standard InChI is InChI=1S/C32H66O8/c1-3-5-7-9-11-13-15-17-19-37-27-31(33)29-39-25-23-35-21-22-36-24-26-40-30-32(34)28-38-20-18-16-14-12-10-8-6-4-2/h31-34H,3-30H2,1-2H3. The first-order valence-corrected chi connectivity index (χ1v) is 16.5. The van der Waals surface area contributed by atoms with Crippen molar-refractivity contribution in [3.05, 3.63) is 0 Å². The third-order valence-electron chi connectivity index (χ3n) is 6.64. The van der Waals surface area contributed by atoms with Crippen LogP contribution >= 0.6 is 0 Å². The highest BCUT2D eigenvalue weighted by Crippen LogP contribution is 2.09. The van der Waals surface area contributed by atoms with Gasteiger partial charge >= 0.3 is 0 Å². The molecular weight excluding hydrogens is 512 g/mol. The van der Waals surface area contributed by atoms with Gasteiger partial charge in [0, 0.05) is 13.2 Å². The lowest BCUT2D eigenvalue weighted by Crippen LogP contribution is -2.23. The number of aliphatic hydroxyl groups is 2. The van der Waals surface area contributed by atoms with Gasteiger partial charge in [-0.15, -0.1) is 0 Å². The summed E-state index contributed by atoms with van der Waals surface area (Å²) in [6.45, 7) is 9.75. The van der Waals surface area contributed by atoms with E-state index < -0.39 is 12.2 Å². The minimum Gasteiger partial charge on any atom is -0.388 e. The lowest BCUT2D eigenvalue weighted by molar-refractivity contribution is -0.0456. The van der Waals surface area contributed by atoms with Gasteiger partial charge in [-0.1, -0.05) is 104 Å². The molecule has 0 fully saturated rings. The Labute approximate surface area is 246 Å². The maximum Gasteiger partial charge on any atom is 0.101 e. The summed E-state index contributed by atoms with van der Waals surface area (Å²) >= 11 is 0. The van der Waals surface area contributed by atoms with Crippen molar-refractivity contribution >= 4 is 0 Å². The topological polar surface area (TPSA) is 95.8 Å². The van der Waals surface area contributed by atoms with E-state index in [9.17, 15) is 10.2 Å². The van der Waals surface area contributed by atoms with E-state index in [4.69, 9.17) is 28.4 Å². The van der Waals surface area contributed by atoms with E-state index in [1.807, 2.05) is 0 Å². The second-order valence-electron chi connectivity index (χ2n) is 10.8. The molecule has 0 aliphatic carbocycles. The van der Waals surface area contributed by atoms with E-state index in [0.29, 0.717) is 66.1 Å². The third kappa shape index (κ3) is 33.9. The van der Waals surface area contributed by atoms with Crippen LogP contribution < -0.4 is 0 Å². The Kier molecular flexibility index (Phi) is 34.6. The highest BCUT2D eigenvalue weighted by atomic mass is 16.6. The molecule has 0 radical (unpaired) electrons. The van der Waals surface area contributed by atoms with Crippen molar-refractivity contribution in [1.29, 1.82) is 0 Å². The van der Waals surface area contributed by atoms with Gasteiger partial charge in [0.1, 0.15) is 12.2 Å². The number of hydrogen-bond donors (Lipinski definition) is 2. The zero-order valence-electron chi connectivity index (χ0n) is 26.3. The molecule has 0 saturated heterocycles. The van der Waals surface area contributed by atoms with Crippen molar-refractivity contribution in [3.8, 4) is 0 Å². The summed E-state index contributed by atoms with van der Waals surface area (Å²) in [6.07, 6.45) is 19.2. The maximum absolute atomic E-state index is 9.92. The predicted molar refractivity (Wildman–Crippen MR) is 162 cm³/mol. The molecule has 0 aromatic carbocycles. The molecule has 0 bridgehead atoms. The van der Waals surface area contributed by atoms with Crippen molar-refractivity contribution in [2.24, 2.45) is 0 Å². The van der Waals surface area contributed by atoms with Gasteiger partial charge in [-0.05, 0) is 12.8 Å². The Morgan fingerprint density at radius 1 is 0.325 bits per heavy atom. The lowest BCUT2D eigenvalue weighted by Gasteiger charge is -2.13. The van der Waals surface area contributed by atoms with Crippen molar-refractivity contribution in [3.63, 3.8) is 0 Å². The molecule has 2 unspecified atom stereocenters. The molecule has 2 atom stereocenters. The van der Waals surface area contributed by atoms with Gasteiger partial charge in [0.05, 0.1) is 66.1 Å². The van der Waals surface area contributed by atoms with Gasteiger partial charge in [-0.2, -0.15) is 0 Å². The van der Waals surface area contributed by atoms with E-state index in [2.05, 4.69) is 13.8 Å². The SMILES string of the molecule is CCCCCCCCCCOCC(O)COCCOCCOCCOCC(O)COCCCCCCCCCC. The van der Waals surface area contributed by atoms with Gasteiger partial charge < -0.3 is 38.6 Å². The van der Waals surface area contributed by atoms with Crippen LogP contribution in [0, 0.1) is 0 Å². The smallest absolute Gasteiger partial charge is 0.101 e. The normalized spacial score (nSPS) is 13.2. The first-order valence-electron chi connectivity index (χ1n) is 16.5. The second-order valence-corrected chi connectivity index (χ2v) is 10.8. The summed E-state index contributed by atoms with van der Waals surface area (Å²) in [7, 11) is 0. The molecule has 0 heterocycles. The first kappa shape index (κ1) is 39.7. The number of hydrogen-bond acceptors (Lipinski definition) is 8. The molecule has 0 saturated carbocycles. The molecule has 0 aliphatic heterocycles. The fourth-order valence-corrected chi connectivity index (χ4v) is 4.21. The maximum atomic E-state index is 9.92. The molecule has 0 spiro atoms. The van der Waals surface area contributed by atoms with Crippen LogP contribution in [0.3, 0.4) is 0 Å². The Morgan fingerprint density at radius 3 is 0.900 bits per heavy atom. The zero-order valence-corrected chi connectivity index (χ0v) is 26.3. The molecule has 0 rings (SSSR count). The fourth-order valence-electron chi connectivity index (χ4n) is 4.21. The van der Waals surface area contributed by atoms with Crippen LogP contribution in [0.15, 0.2) is 0 Å². The van der Waals surface area contributed by atoms with Crippen molar-refractivity contribution < 1.29 is 38.6 Å². The van der Waals surface area contributed by atoms with Gasteiger partial charge in [0.15, 0.2) is 0 Å². The van der Waals surface area contributed by atoms with E-state index in [-0.39, 0.29) is 13.2 Å². The highest BCUT2D eigenvalue weighted by Gasteiger charge is 2.05. The van der Waals surface area contributed by atoms with Crippen LogP contribution in [0.5, 0.6) is 0 Å². The number of ether oxygens (including phenoxy) is 6. The van der Waals surface area contributed by atoms with Gasteiger partial charge in [-0.25, -0.2) is 0 Å². The summed E-state index contributed by atoms with van der Waals surface area (Å²) in [5, 5.41) is 19.8. The van der Waals surface area contributed by atoms with Crippen LogP contribution in [0.25, 0.3) is 0 Å². The highest BCUT2D eigenvalue weighted by molar-refractivity contribution is 4.53. The Balaban J connectivity index is 3.21. The lowest BCUT2D eigenvalue weighted by atomic mass is 10.1. The molecular formula is C32H66O8. The zero-order chi connectivity index (χ0) is 29.2. The third-order valence-corrected chi connectivity index (χ3v) is 6.64. The molecule has 0 aromatic rings. The molecule has 8 heteroatoms. The number of aliphatic hydroxyl groups excluding tert-OH is 2. The largest absolute Gasteiger partial charge is 0.388 e. The molecule has 0 aromatic heterocycles. The van der Waals surface area contributed by atoms with E-state index >= 15 is 0 Å². The van der Waals surface area contributed by atoms with Crippen LogP contribution in [-0.2, 0) is 28.4 Å². The number of unbranched alkanes of at least 4 members (excludes halogenated alkanes) is 14. The van der Waals surface area contributed by atoms with Gasteiger partial charge in [0.25, 0.3) is 0 Å². The number of rotatable bonds is 35. The molecule has 0 amide bonds. The summed E-state index contributed by atoms with van der Waals surface area (Å²) in [4.78, 5) is 0. The average molecular weight is 579 g/mol. The van der Waals surface area contributed by atoms with E-state index in [1.165, 1.54) is 89.9 Å². The minimum atomic E-state index is -0.600. The summed E-state index contributed by atoms with van der Waals surface area (Å²) in [5.74, 6) is 0. The molecule has 8 nitrogen and oxygen atoms in total. The van der Waals surface area contributed by atoms with Crippen LogP contribution in [0.4, 0.5) is 0 Å². The summed E-state index contributed by atoms with van der Waals surface area (Å²) in [6, 6.07) is 0. The van der Waals surface area contributed by atoms with Gasteiger partial charge in [-0.3, -0.25) is 0 Å². The fraction of sp³-hybridized carbons (Fsp3) is 1.00. The Bertz CT molecular complexity index is 415. The molecule has 0 aliphatic rings. The molecule has 242 valence electrons. The summed E-state index contributed by atoms with van der Waals surface area (Å²) in [5.41, 5.74) is 0. The van der Waals surface area contributed by atoms with Gasteiger partial charge in [0.2, 0.25) is 0 Å². The van der Waals surface area contributed by atoms with E-state index in [0.717, 1.165) is 12.8 Å². The minimum absolute atomic E-state index is 0.255. The van der Waals surface area contributed by atoms with Crippen LogP contribution in [0.1, 0.15) is 117 Å². The van der Waals surface area contributed by atoms with Crippen molar-refractivity contribution in [2.45, 2.75) is 129 Å². The molecule has 40 heavy (non-hydrogen) atoms. The second kappa shape index (κ2) is 34.9. The Hall–Kier alpha value is -0.320. The van der Waals surface area contributed by atoms with Crippen LogP contribution in [-0.4, -0.2) is 102 Å². The van der Waals surface area contributed by atoms with Crippen molar-refractivity contribution in [2.75, 3.05) is 79.3 Å². The average Bonchev–Trinajstić information content (AvgIpc) is 2.95. The first-order chi connectivity index (χ1) is 19.7. The summed E-state index contributed by atoms with van der Waals surface area (Å²) < 4.78 is 32.9. The van der Waals surface area contributed by atoms with Crippen molar-refractivity contribution in [1.82, 2.24) is 0 Å². The Morgan fingerprint density at radius 2 is 0.575 bits per heavy atom. The van der Waals surface area contributed by atoms with Crippen LogP contribution in [0.2, 0.25) is 0 Å². The van der Waals surface area contributed by atoms with E-state index in [1.54, 1.807) is 0 Å².